The van der Waals surface area contributed by atoms with E-state index in [0.29, 0.717) is 0 Å². The number of nitrogens with one attached hydrogen (secondary N) is 2. The van der Waals surface area contributed by atoms with E-state index in [9.17, 15) is 35.5 Å². The van der Waals surface area contributed by atoms with E-state index in [2.05, 4.69) is 25.5 Å². The van der Waals surface area contributed by atoms with Crippen LogP contribution in [0.5, 0.6) is 5.75 Å². The van der Waals surface area contributed by atoms with E-state index in [-0.39, 0.29) is 35.7 Å². The molecular weight excluding hydrogens is 439 g/mol. The summed E-state index contributed by atoms with van der Waals surface area (Å²) in [7, 11) is 0. The summed E-state index contributed by atoms with van der Waals surface area (Å²) < 4.78 is 95.0. The predicted octanol–water partition coefficient (Wildman–Crippen LogP) is 3.56. The fourth-order valence-electron chi connectivity index (χ4n) is 2.60. The molecule has 7 nitrogen and oxygen atoms in total. The molecule has 0 bridgehead atoms. The molecule has 0 atom stereocenters. The lowest BCUT2D eigenvalue weighted by Gasteiger charge is -2.19. The monoisotopic (exact) mass is 451 g/mol. The first kappa shape index (κ1) is 22.1. The van der Waals surface area contributed by atoms with Crippen LogP contribution in [0.3, 0.4) is 0 Å². The quantitative estimate of drug-likeness (QED) is 0.520. The summed E-state index contributed by atoms with van der Waals surface area (Å²) in [5, 5.41) is 8.31. The molecule has 14 heteroatoms. The van der Waals surface area contributed by atoms with Crippen LogP contribution in [-0.4, -0.2) is 47.5 Å². The second-order valence-corrected chi connectivity index (χ2v) is 6.12. The van der Waals surface area contributed by atoms with Gasteiger partial charge in [-0.3, -0.25) is 4.79 Å². The van der Waals surface area contributed by atoms with Crippen LogP contribution >= 0.6 is 0 Å². The highest BCUT2D eigenvalue weighted by Crippen LogP contribution is 2.31. The van der Waals surface area contributed by atoms with Crippen molar-refractivity contribution < 1.29 is 40.3 Å². The van der Waals surface area contributed by atoms with Gasteiger partial charge in [-0.2, -0.15) is 26.3 Å². The molecule has 166 valence electrons. The van der Waals surface area contributed by atoms with Gasteiger partial charge < -0.3 is 15.4 Å². The zero-order valence-electron chi connectivity index (χ0n) is 15.2. The first-order chi connectivity index (χ1) is 14.5. The lowest BCUT2D eigenvalue weighted by atomic mass is 10.1. The molecule has 3 rings (SSSR count). The van der Waals surface area contributed by atoms with Gasteiger partial charge in [-0.25, -0.2) is 14.1 Å². The normalized spacial score (nSPS) is 14.4. The van der Waals surface area contributed by atoms with Gasteiger partial charge in [-0.1, -0.05) is 0 Å². The van der Waals surface area contributed by atoms with Crippen molar-refractivity contribution in [2.24, 2.45) is 4.99 Å². The van der Waals surface area contributed by atoms with Gasteiger partial charge in [0.25, 0.3) is 0 Å². The number of rotatable bonds is 6. The maximum atomic E-state index is 14.0. The van der Waals surface area contributed by atoms with Gasteiger partial charge in [-0.05, 0) is 12.1 Å². The minimum absolute atomic E-state index is 0.00452. The van der Waals surface area contributed by atoms with Gasteiger partial charge in [0.15, 0.2) is 12.4 Å². The number of hydrogen-bond acceptors (Lipinski definition) is 5. The molecule has 1 aromatic heterocycles. The fraction of sp³-hybridized carbons (Fsp3) is 0.235. The Morgan fingerprint density at radius 2 is 1.90 bits per heavy atom. The van der Waals surface area contributed by atoms with Crippen LogP contribution in [0.1, 0.15) is 0 Å². The van der Waals surface area contributed by atoms with E-state index in [4.69, 9.17) is 0 Å². The highest BCUT2D eigenvalue weighted by Gasteiger charge is 2.37. The summed E-state index contributed by atoms with van der Waals surface area (Å²) in [6.45, 7) is -2.03. The number of nitrogens with zero attached hydrogens (tertiary/aromatic N) is 3. The molecule has 0 radical (unpaired) electrons. The number of aromatic nitrogens is 2. The molecule has 0 aliphatic carbocycles. The number of carbonyl (C=O) groups excluding carboxylic acids is 1. The van der Waals surface area contributed by atoms with Gasteiger partial charge in [0.1, 0.15) is 11.6 Å². The summed E-state index contributed by atoms with van der Waals surface area (Å²) in [6, 6.07) is 4.04. The van der Waals surface area contributed by atoms with Crippen LogP contribution in [0.4, 0.5) is 36.6 Å². The minimum atomic E-state index is -4.70. The van der Waals surface area contributed by atoms with E-state index in [1.54, 1.807) is 0 Å². The SMILES string of the molecule is O=CNc1cc(-c2cc(F)cc(OCC(F)(F)F)c2)n(C2=CN=C(C(F)(F)F)NC2)n1. The molecule has 0 saturated carbocycles. The third kappa shape index (κ3) is 5.52. The highest BCUT2D eigenvalue weighted by atomic mass is 19.4. The van der Waals surface area contributed by atoms with Crippen LogP contribution in [0, 0.1) is 5.82 Å². The molecule has 31 heavy (non-hydrogen) atoms. The third-order valence-electron chi connectivity index (χ3n) is 3.81. The number of amides is 1. The van der Waals surface area contributed by atoms with Crippen molar-refractivity contribution in [1.29, 1.82) is 0 Å². The Morgan fingerprint density at radius 1 is 1.16 bits per heavy atom. The molecule has 0 spiro atoms. The Balaban J connectivity index is 2.02. The average Bonchev–Trinajstić information content (AvgIpc) is 3.09. The smallest absolute Gasteiger partial charge is 0.449 e. The summed E-state index contributed by atoms with van der Waals surface area (Å²) in [5.74, 6) is -2.64. The standard InChI is InChI=1S/C17H12F7N5O2/c18-10-1-9(2-12(3-10)31-7-16(19,20)21)13-4-14(27-8-30)28-29(13)11-5-25-15(26-6-11)17(22,23)24/h1-5,8H,6-7H2,(H,25,26)(H,27,28,30). The van der Waals surface area contributed by atoms with Crippen molar-refractivity contribution in [1.82, 2.24) is 15.1 Å². The van der Waals surface area contributed by atoms with E-state index >= 15 is 0 Å². The van der Waals surface area contributed by atoms with Crippen LogP contribution in [-0.2, 0) is 4.79 Å². The Morgan fingerprint density at radius 3 is 2.48 bits per heavy atom. The highest BCUT2D eigenvalue weighted by molar-refractivity contribution is 5.90. The second-order valence-electron chi connectivity index (χ2n) is 6.12. The molecule has 1 aliphatic heterocycles. The molecule has 2 N–H and O–H groups in total. The van der Waals surface area contributed by atoms with E-state index in [1.165, 1.54) is 6.07 Å². The molecule has 0 fully saturated rings. The zero-order valence-corrected chi connectivity index (χ0v) is 15.2. The van der Waals surface area contributed by atoms with Gasteiger partial charge >= 0.3 is 12.4 Å². The van der Waals surface area contributed by atoms with Crippen molar-refractivity contribution in [2.45, 2.75) is 12.4 Å². The van der Waals surface area contributed by atoms with E-state index in [0.717, 1.165) is 29.1 Å². The molecule has 0 unspecified atom stereocenters. The molecule has 2 heterocycles. The topological polar surface area (TPSA) is 80.5 Å². The Bertz CT molecular complexity index is 1040. The first-order valence-corrected chi connectivity index (χ1v) is 8.35. The average molecular weight is 451 g/mol. The number of benzene rings is 1. The van der Waals surface area contributed by atoms with Crippen LogP contribution in [0.25, 0.3) is 17.0 Å². The van der Waals surface area contributed by atoms with Crippen LogP contribution in [0.15, 0.2) is 35.5 Å². The van der Waals surface area contributed by atoms with Gasteiger partial charge in [0.05, 0.1) is 24.1 Å². The van der Waals surface area contributed by atoms with E-state index in [1.807, 2.05) is 0 Å². The molecule has 1 aromatic carbocycles. The molecule has 1 aliphatic rings. The van der Waals surface area contributed by atoms with Gasteiger partial charge in [0.2, 0.25) is 12.2 Å². The second kappa shape index (κ2) is 8.28. The van der Waals surface area contributed by atoms with Crippen molar-refractivity contribution in [3.8, 4) is 17.0 Å². The fourth-order valence-corrected chi connectivity index (χ4v) is 2.60. The number of amidine groups is 1. The number of aliphatic imine (C=N–C) groups is 1. The Kier molecular flexibility index (Phi) is 5.90. The van der Waals surface area contributed by atoms with Gasteiger partial charge in [0, 0.05) is 17.7 Å². The lowest BCUT2D eigenvalue weighted by Crippen LogP contribution is -2.40. The van der Waals surface area contributed by atoms with Crippen molar-refractivity contribution in [3.05, 3.63) is 36.3 Å². The lowest BCUT2D eigenvalue weighted by molar-refractivity contribution is -0.153. The number of anilines is 1. The number of hydrogen-bond donors (Lipinski definition) is 2. The summed E-state index contributed by atoms with van der Waals surface area (Å²) in [4.78, 5) is 14.0. The number of alkyl halides is 6. The Labute approximate surface area is 169 Å². The third-order valence-corrected chi connectivity index (χ3v) is 3.81. The molecule has 0 saturated heterocycles. The number of carbonyl (C=O) groups is 1. The number of ether oxygens (including phenoxy) is 1. The predicted molar refractivity (Wildman–Crippen MR) is 94.6 cm³/mol. The largest absolute Gasteiger partial charge is 0.484 e. The molecule has 1 amide bonds. The van der Waals surface area contributed by atoms with Crippen LogP contribution < -0.4 is 15.4 Å². The van der Waals surface area contributed by atoms with Crippen molar-refractivity contribution in [3.63, 3.8) is 0 Å². The summed E-state index contributed by atoms with van der Waals surface area (Å²) in [5.41, 5.74) is 0.138. The molecule has 2 aromatic rings. The first-order valence-electron chi connectivity index (χ1n) is 8.35. The molecular formula is C17H12F7N5O2. The van der Waals surface area contributed by atoms with Crippen molar-refractivity contribution >= 4 is 23.8 Å². The Hall–Kier alpha value is -3.58. The zero-order chi connectivity index (χ0) is 22.8. The van der Waals surface area contributed by atoms with Crippen LogP contribution in [0.2, 0.25) is 0 Å². The maximum Gasteiger partial charge on any atom is 0.449 e. The summed E-state index contributed by atoms with van der Waals surface area (Å²) in [6.07, 6.45) is -8.19. The number of halogens is 7. The minimum Gasteiger partial charge on any atom is -0.484 e. The van der Waals surface area contributed by atoms with Crippen molar-refractivity contribution in [2.75, 3.05) is 18.5 Å². The van der Waals surface area contributed by atoms with Gasteiger partial charge in [-0.15, -0.1) is 5.10 Å². The summed E-state index contributed by atoms with van der Waals surface area (Å²) >= 11 is 0. The van der Waals surface area contributed by atoms with E-state index < -0.39 is 36.4 Å². The maximum absolute atomic E-state index is 14.0.